The fourth-order valence-electron chi connectivity index (χ4n) is 5.07. The van der Waals surface area contributed by atoms with Gasteiger partial charge in [-0.05, 0) is 30.3 Å². The minimum atomic E-state index is 0. The average Bonchev–Trinajstić information content (AvgIpc) is 2.72. The Morgan fingerprint density at radius 2 is 0.833 bits per heavy atom. The van der Waals surface area contributed by atoms with Gasteiger partial charge in [-0.1, -0.05) is 150 Å². The van der Waals surface area contributed by atoms with Crippen molar-refractivity contribution in [3.63, 3.8) is 0 Å². The third-order valence-electron chi connectivity index (χ3n) is 7.20. The molecule has 0 rings (SSSR count). The van der Waals surface area contributed by atoms with E-state index in [0.29, 0.717) is 5.16 Å². The van der Waals surface area contributed by atoms with Crippen molar-refractivity contribution >= 4 is 33.2 Å². The van der Waals surface area contributed by atoms with Crippen molar-refractivity contribution in [3.8, 4) is 0 Å². The van der Waals surface area contributed by atoms with Crippen LogP contribution in [-0.4, -0.2) is 5.16 Å². The van der Waals surface area contributed by atoms with Crippen LogP contribution in [0.25, 0.3) is 0 Å². The highest BCUT2D eigenvalue weighted by Crippen LogP contribution is 2.43. The highest BCUT2D eigenvalue weighted by molar-refractivity contribution is 14.0. The molecule has 0 aliphatic carbocycles. The summed E-state index contributed by atoms with van der Waals surface area (Å²) in [6, 6.07) is 0. The van der Waals surface area contributed by atoms with E-state index in [0.717, 1.165) is 5.92 Å². The van der Waals surface area contributed by atoms with Gasteiger partial charge in [0.15, 0.2) is 0 Å². The van der Waals surface area contributed by atoms with Gasteiger partial charge in [0.1, 0.15) is 0 Å². The van der Waals surface area contributed by atoms with E-state index in [1.54, 1.807) is 0 Å². The van der Waals surface area contributed by atoms with Crippen LogP contribution >= 0.6 is 33.2 Å². The third kappa shape index (κ3) is 18.7. The quantitative estimate of drug-likeness (QED) is 0.0669. The lowest BCUT2D eigenvalue weighted by Gasteiger charge is -2.38. The second-order valence-electron chi connectivity index (χ2n) is 9.93. The molecule has 2 atom stereocenters. The van der Waals surface area contributed by atoms with Crippen molar-refractivity contribution in [1.82, 2.24) is 0 Å². The molecule has 0 saturated heterocycles. The summed E-state index contributed by atoms with van der Waals surface area (Å²) < 4.78 is 0. The van der Waals surface area contributed by atoms with Crippen LogP contribution in [0, 0.1) is 5.92 Å². The van der Waals surface area contributed by atoms with Gasteiger partial charge < -0.3 is 0 Å². The monoisotopic (exact) mass is 554 g/mol. The summed E-state index contributed by atoms with van der Waals surface area (Å²) in [5, 5.41) is 0.522. The molecular formula is C28H60IP. The highest BCUT2D eigenvalue weighted by Gasteiger charge is 2.31. The van der Waals surface area contributed by atoms with Crippen LogP contribution in [0.5, 0.6) is 0 Å². The zero-order valence-electron chi connectivity index (χ0n) is 21.6. The molecule has 0 fully saturated rings. The summed E-state index contributed by atoms with van der Waals surface area (Å²) in [7, 11) is 3.43. The molecule has 0 saturated carbocycles. The summed E-state index contributed by atoms with van der Waals surface area (Å²) >= 11 is 0. The van der Waals surface area contributed by atoms with Crippen LogP contribution in [0.3, 0.4) is 0 Å². The predicted molar refractivity (Wildman–Crippen MR) is 156 cm³/mol. The Morgan fingerprint density at radius 1 is 0.500 bits per heavy atom. The smallest absolute Gasteiger partial charge is 0.0122 e. The number of hydrogen-bond donors (Lipinski definition) is 0. The van der Waals surface area contributed by atoms with Gasteiger partial charge in [-0.25, -0.2) is 0 Å². The molecule has 0 aliphatic rings. The van der Waals surface area contributed by atoms with Gasteiger partial charge in [0.05, 0.1) is 0 Å². The van der Waals surface area contributed by atoms with Gasteiger partial charge in [0.25, 0.3) is 0 Å². The zero-order valence-corrected chi connectivity index (χ0v) is 25.1. The lowest BCUT2D eigenvalue weighted by atomic mass is 9.78. The molecule has 0 radical (unpaired) electrons. The van der Waals surface area contributed by atoms with E-state index in [9.17, 15) is 0 Å². The van der Waals surface area contributed by atoms with E-state index >= 15 is 0 Å². The Hall–Kier alpha value is 1.16. The van der Waals surface area contributed by atoms with Crippen molar-refractivity contribution in [1.29, 1.82) is 0 Å². The Morgan fingerprint density at radius 3 is 1.20 bits per heavy atom. The lowest BCUT2D eigenvalue weighted by Crippen LogP contribution is -2.31. The maximum absolute atomic E-state index is 3.43. The Kier molecular flexibility index (Phi) is 27.6. The van der Waals surface area contributed by atoms with Crippen molar-refractivity contribution in [2.45, 2.75) is 174 Å². The van der Waals surface area contributed by atoms with E-state index in [-0.39, 0.29) is 24.0 Å². The van der Waals surface area contributed by atoms with Gasteiger partial charge in [-0.2, -0.15) is 0 Å². The average molecular weight is 555 g/mol. The molecule has 0 aromatic rings. The number of hydrogen-bond acceptors (Lipinski definition) is 0. The second-order valence-corrected chi connectivity index (χ2v) is 11.1. The molecule has 0 spiro atoms. The maximum atomic E-state index is 3.43. The van der Waals surface area contributed by atoms with Gasteiger partial charge in [-0.3, -0.25) is 0 Å². The fraction of sp³-hybridized carbons (Fsp3) is 1.00. The van der Waals surface area contributed by atoms with Gasteiger partial charge in [0, 0.05) is 0 Å². The molecular weight excluding hydrogens is 494 g/mol. The molecule has 2 unspecified atom stereocenters. The molecule has 184 valence electrons. The Labute approximate surface area is 212 Å². The van der Waals surface area contributed by atoms with Crippen LogP contribution in [0.1, 0.15) is 169 Å². The van der Waals surface area contributed by atoms with Crippen molar-refractivity contribution in [2.24, 2.45) is 5.92 Å². The first-order chi connectivity index (χ1) is 14.1. The van der Waals surface area contributed by atoms with E-state index < -0.39 is 0 Å². The topological polar surface area (TPSA) is 0 Å². The SMILES string of the molecule is CCCCCCCCC(CC)C(P)(CCCCCCCC)CCCCCCCC.I. The lowest BCUT2D eigenvalue weighted by molar-refractivity contribution is 0.283. The van der Waals surface area contributed by atoms with E-state index in [4.69, 9.17) is 0 Å². The Bertz CT molecular complexity index is 302. The van der Waals surface area contributed by atoms with Crippen LogP contribution < -0.4 is 0 Å². The molecule has 30 heavy (non-hydrogen) atoms. The molecule has 0 N–H and O–H groups in total. The Balaban J connectivity index is 0. The largest absolute Gasteiger partial charge is 0.131 e. The first-order valence-electron chi connectivity index (χ1n) is 13.9. The van der Waals surface area contributed by atoms with Crippen molar-refractivity contribution in [3.05, 3.63) is 0 Å². The number of rotatable bonds is 23. The molecule has 0 aliphatic heterocycles. The van der Waals surface area contributed by atoms with Crippen LogP contribution in [-0.2, 0) is 0 Å². The van der Waals surface area contributed by atoms with E-state index in [2.05, 4.69) is 36.9 Å². The first kappa shape index (κ1) is 33.3. The van der Waals surface area contributed by atoms with Gasteiger partial charge in [-0.15, -0.1) is 33.2 Å². The summed E-state index contributed by atoms with van der Waals surface area (Å²) in [6.07, 6.45) is 31.6. The molecule has 0 amide bonds. The first-order valence-corrected chi connectivity index (χ1v) is 14.5. The summed E-state index contributed by atoms with van der Waals surface area (Å²) in [5.74, 6) is 0.921. The minimum absolute atomic E-state index is 0. The van der Waals surface area contributed by atoms with Gasteiger partial charge >= 0.3 is 0 Å². The summed E-state index contributed by atoms with van der Waals surface area (Å²) in [4.78, 5) is 0. The van der Waals surface area contributed by atoms with E-state index in [1.807, 2.05) is 0 Å². The predicted octanol–water partition coefficient (Wildman–Crippen LogP) is 11.5. The second kappa shape index (κ2) is 24.8. The third-order valence-corrected chi connectivity index (χ3v) is 8.25. The molecule has 0 aromatic carbocycles. The minimum Gasteiger partial charge on any atom is -0.131 e. The molecule has 0 bridgehead atoms. The van der Waals surface area contributed by atoms with Crippen LogP contribution in [0.15, 0.2) is 0 Å². The van der Waals surface area contributed by atoms with Crippen molar-refractivity contribution < 1.29 is 0 Å². The molecule has 0 nitrogen and oxygen atoms in total. The normalized spacial score (nSPS) is 12.7. The van der Waals surface area contributed by atoms with Crippen LogP contribution in [0.2, 0.25) is 0 Å². The van der Waals surface area contributed by atoms with E-state index in [1.165, 1.54) is 141 Å². The standard InChI is InChI=1S/C28H59P.HI/c1-5-9-12-15-18-21-24-27(8-4)28(29,25-22-19-16-13-10-6-2)26-23-20-17-14-11-7-3;/h27H,5-26,29H2,1-4H3;1H. The molecule has 0 heterocycles. The summed E-state index contributed by atoms with van der Waals surface area (Å²) in [5.41, 5.74) is 0. The maximum Gasteiger partial charge on any atom is -0.0122 e. The summed E-state index contributed by atoms with van der Waals surface area (Å²) in [6.45, 7) is 9.42. The van der Waals surface area contributed by atoms with Crippen LogP contribution in [0.4, 0.5) is 0 Å². The van der Waals surface area contributed by atoms with Crippen molar-refractivity contribution in [2.75, 3.05) is 0 Å². The zero-order chi connectivity index (χ0) is 21.6. The number of halogens is 1. The van der Waals surface area contributed by atoms with Gasteiger partial charge in [0.2, 0.25) is 0 Å². The number of unbranched alkanes of at least 4 members (excludes halogenated alkanes) is 15. The highest BCUT2D eigenvalue weighted by atomic mass is 127. The fourth-order valence-corrected chi connectivity index (χ4v) is 5.88. The molecule has 2 heteroatoms. The molecule has 0 aromatic heterocycles.